The predicted molar refractivity (Wildman–Crippen MR) is 97.0 cm³/mol. The molecule has 0 fully saturated rings. The molecule has 7 heteroatoms. The van der Waals surface area contributed by atoms with Crippen molar-refractivity contribution in [2.24, 2.45) is 0 Å². The number of sulfonamides is 1. The number of nitrogens with zero attached hydrogens (tertiary/aromatic N) is 2. The summed E-state index contributed by atoms with van der Waals surface area (Å²) < 4.78 is 30.5. The first-order valence-corrected chi connectivity index (χ1v) is 10.1. The molecule has 0 atom stereocenters. The molecule has 0 aromatic heterocycles. The van der Waals surface area contributed by atoms with Crippen LogP contribution in [-0.4, -0.2) is 52.2 Å². The van der Waals surface area contributed by atoms with Gasteiger partial charge < -0.3 is 9.64 Å². The summed E-state index contributed by atoms with van der Waals surface area (Å²) >= 11 is 0. The summed E-state index contributed by atoms with van der Waals surface area (Å²) in [5, 5.41) is 0. The van der Waals surface area contributed by atoms with E-state index >= 15 is 0 Å². The number of amides is 1. The summed E-state index contributed by atoms with van der Waals surface area (Å²) in [6.45, 7) is 5.59. The van der Waals surface area contributed by atoms with Crippen LogP contribution in [0.25, 0.3) is 0 Å². The first-order valence-electron chi connectivity index (χ1n) is 8.23. The van der Waals surface area contributed by atoms with Crippen molar-refractivity contribution in [3.8, 4) is 5.75 Å². The topological polar surface area (TPSA) is 66.9 Å². The van der Waals surface area contributed by atoms with Gasteiger partial charge in [0.1, 0.15) is 5.75 Å². The Morgan fingerprint density at radius 3 is 2.00 bits per heavy atom. The number of benzene rings is 1. The Kier molecular flexibility index (Phi) is 8.04. The van der Waals surface area contributed by atoms with Gasteiger partial charge in [0.2, 0.25) is 15.9 Å². The quantitative estimate of drug-likeness (QED) is 0.646. The van der Waals surface area contributed by atoms with Crippen molar-refractivity contribution in [1.82, 2.24) is 4.90 Å². The van der Waals surface area contributed by atoms with E-state index in [1.165, 1.54) is 4.31 Å². The highest BCUT2D eigenvalue weighted by molar-refractivity contribution is 7.92. The Morgan fingerprint density at radius 1 is 1.04 bits per heavy atom. The van der Waals surface area contributed by atoms with Gasteiger partial charge in [0, 0.05) is 26.1 Å². The molecule has 0 unspecified atom stereocenters. The van der Waals surface area contributed by atoms with Crippen LogP contribution in [-0.2, 0) is 14.8 Å². The van der Waals surface area contributed by atoms with Crippen LogP contribution in [0.15, 0.2) is 24.3 Å². The molecule has 24 heavy (non-hydrogen) atoms. The maximum Gasteiger partial charge on any atom is 0.232 e. The number of hydrogen-bond donors (Lipinski definition) is 0. The van der Waals surface area contributed by atoms with E-state index in [0.29, 0.717) is 24.5 Å². The van der Waals surface area contributed by atoms with Crippen LogP contribution in [0, 0.1) is 0 Å². The second-order valence-corrected chi connectivity index (χ2v) is 7.57. The van der Waals surface area contributed by atoms with Gasteiger partial charge in [-0.15, -0.1) is 0 Å². The molecule has 1 aromatic carbocycles. The molecule has 0 N–H and O–H groups in total. The Morgan fingerprint density at radius 2 is 1.58 bits per heavy atom. The van der Waals surface area contributed by atoms with Gasteiger partial charge in [-0.05, 0) is 37.1 Å². The minimum atomic E-state index is -3.46. The molecule has 136 valence electrons. The molecule has 0 radical (unpaired) electrons. The van der Waals surface area contributed by atoms with Crippen LogP contribution in [0.5, 0.6) is 5.75 Å². The highest BCUT2D eigenvalue weighted by Gasteiger charge is 2.20. The fourth-order valence-corrected chi connectivity index (χ4v) is 3.42. The number of anilines is 1. The fourth-order valence-electron chi connectivity index (χ4n) is 2.49. The van der Waals surface area contributed by atoms with E-state index in [-0.39, 0.29) is 18.9 Å². The number of carbonyl (C=O) groups is 1. The Hall–Kier alpha value is -1.76. The lowest BCUT2D eigenvalue weighted by molar-refractivity contribution is -0.131. The molecule has 1 aromatic rings. The molecule has 0 saturated heterocycles. The van der Waals surface area contributed by atoms with Crippen molar-refractivity contribution in [3.05, 3.63) is 24.3 Å². The smallest absolute Gasteiger partial charge is 0.232 e. The summed E-state index contributed by atoms with van der Waals surface area (Å²) in [4.78, 5) is 14.2. The molecule has 0 spiro atoms. The van der Waals surface area contributed by atoms with Crippen LogP contribution >= 0.6 is 0 Å². The Labute approximate surface area is 145 Å². The zero-order chi connectivity index (χ0) is 18.2. The van der Waals surface area contributed by atoms with Crippen LogP contribution in [0.3, 0.4) is 0 Å². The predicted octanol–water partition coefficient (Wildman–Crippen LogP) is 2.50. The molecular weight excluding hydrogens is 328 g/mol. The van der Waals surface area contributed by atoms with Gasteiger partial charge in [-0.1, -0.05) is 13.8 Å². The zero-order valence-corrected chi connectivity index (χ0v) is 15.8. The third kappa shape index (κ3) is 6.03. The van der Waals surface area contributed by atoms with Crippen molar-refractivity contribution < 1.29 is 17.9 Å². The molecule has 0 heterocycles. The summed E-state index contributed by atoms with van der Waals surface area (Å²) in [5.74, 6) is 0.640. The number of hydrogen-bond acceptors (Lipinski definition) is 4. The third-order valence-electron chi connectivity index (χ3n) is 3.63. The monoisotopic (exact) mass is 356 g/mol. The molecule has 0 bridgehead atoms. The van der Waals surface area contributed by atoms with E-state index in [1.54, 1.807) is 36.3 Å². The Bertz CT molecular complexity index is 608. The molecule has 6 nitrogen and oxygen atoms in total. The lowest BCUT2D eigenvalue weighted by Crippen LogP contribution is -2.37. The van der Waals surface area contributed by atoms with E-state index in [4.69, 9.17) is 4.74 Å². The van der Waals surface area contributed by atoms with Gasteiger partial charge in [0.15, 0.2) is 0 Å². The molecule has 0 saturated carbocycles. The van der Waals surface area contributed by atoms with E-state index < -0.39 is 10.0 Å². The van der Waals surface area contributed by atoms with E-state index in [0.717, 1.165) is 19.1 Å². The first-order chi connectivity index (χ1) is 11.3. The SMILES string of the molecule is CCCN(CCC)C(=O)CCN(c1ccc(OC)cc1)S(C)(=O)=O. The number of methoxy groups -OCH3 is 1. The fraction of sp³-hybridized carbons (Fsp3) is 0.588. The van der Waals surface area contributed by atoms with Crippen molar-refractivity contribution in [2.45, 2.75) is 33.1 Å². The lowest BCUT2D eigenvalue weighted by atomic mass is 10.2. The summed E-state index contributed by atoms with van der Waals surface area (Å²) in [6, 6.07) is 6.77. The Balaban J connectivity index is 2.85. The average Bonchev–Trinajstić information content (AvgIpc) is 2.54. The zero-order valence-electron chi connectivity index (χ0n) is 15.0. The highest BCUT2D eigenvalue weighted by atomic mass is 32.2. The maximum atomic E-state index is 12.4. The summed E-state index contributed by atoms with van der Waals surface area (Å²) in [5.41, 5.74) is 0.531. The molecule has 0 aliphatic heterocycles. The van der Waals surface area contributed by atoms with E-state index in [1.807, 2.05) is 13.8 Å². The number of ether oxygens (including phenoxy) is 1. The van der Waals surface area contributed by atoms with Crippen molar-refractivity contribution >= 4 is 21.6 Å². The normalized spacial score (nSPS) is 11.2. The lowest BCUT2D eigenvalue weighted by Gasteiger charge is -2.25. The van der Waals surface area contributed by atoms with Gasteiger partial charge in [-0.2, -0.15) is 0 Å². The average molecular weight is 356 g/mol. The van der Waals surface area contributed by atoms with Gasteiger partial charge in [0.25, 0.3) is 0 Å². The third-order valence-corrected chi connectivity index (χ3v) is 4.82. The molecule has 0 aliphatic carbocycles. The molecule has 1 amide bonds. The van der Waals surface area contributed by atoms with E-state index in [9.17, 15) is 13.2 Å². The van der Waals surface area contributed by atoms with Crippen molar-refractivity contribution in [1.29, 1.82) is 0 Å². The largest absolute Gasteiger partial charge is 0.497 e. The van der Waals surface area contributed by atoms with E-state index in [2.05, 4.69) is 0 Å². The van der Waals surface area contributed by atoms with Crippen LogP contribution < -0.4 is 9.04 Å². The first kappa shape index (κ1) is 20.3. The summed E-state index contributed by atoms with van der Waals surface area (Å²) in [7, 11) is -1.91. The van der Waals surface area contributed by atoms with Gasteiger partial charge in [0.05, 0.1) is 19.1 Å². The summed E-state index contributed by atoms with van der Waals surface area (Å²) in [6.07, 6.45) is 3.09. The molecule has 1 rings (SSSR count). The van der Waals surface area contributed by atoms with Crippen molar-refractivity contribution in [3.63, 3.8) is 0 Å². The number of rotatable bonds is 10. The maximum absolute atomic E-state index is 12.4. The van der Waals surface area contributed by atoms with Crippen molar-refractivity contribution in [2.75, 3.05) is 37.3 Å². The second-order valence-electron chi connectivity index (χ2n) is 5.66. The minimum absolute atomic E-state index is 0.0131. The molecule has 0 aliphatic rings. The number of carbonyl (C=O) groups excluding carboxylic acids is 1. The van der Waals surface area contributed by atoms with Crippen LogP contribution in [0.2, 0.25) is 0 Å². The van der Waals surface area contributed by atoms with Gasteiger partial charge in [-0.3, -0.25) is 9.10 Å². The second kappa shape index (κ2) is 9.52. The highest BCUT2D eigenvalue weighted by Crippen LogP contribution is 2.21. The standard InChI is InChI=1S/C17H28N2O4S/c1-5-12-18(13-6-2)17(20)11-14-19(24(4,21)22)15-7-9-16(23-3)10-8-15/h7-10H,5-6,11-14H2,1-4H3. The molecular formula is C17H28N2O4S. The van der Waals surface area contributed by atoms with Crippen LogP contribution in [0.4, 0.5) is 5.69 Å². The van der Waals surface area contributed by atoms with Gasteiger partial charge in [-0.25, -0.2) is 8.42 Å². The van der Waals surface area contributed by atoms with Gasteiger partial charge >= 0.3 is 0 Å². The van der Waals surface area contributed by atoms with Crippen LogP contribution in [0.1, 0.15) is 33.1 Å². The minimum Gasteiger partial charge on any atom is -0.497 e.